The number of halogens is 1. The second-order valence-electron chi connectivity index (χ2n) is 6.40. The Hall–Kier alpha value is -1.69. The van der Waals surface area contributed by atoms with Gasteiger partial charge < -0.3 is 15.2 Å². The minimum absolute atomic E-state index is 0. The van der Waals surface area contributed by atoms with Gasteiger partial charge in [-0.05, 0) is 43.9 Å². The number of rotatable bonds is 9. The van der Waals surface area contributed by atoms with Crippen LogP contribution in [0.25, 0.3) is 0 Å². The van der Waals surface area contributed by atoms with Crippen molar-refractivity contribution in [3.8, 4) is 0 Å². The van der Waals surface area contributed by atoms with Gasteiger partial charge in [-0.25, -0.2) is 13.4 Å². The van der Waals surface area contributed by atoms with E-state index in [9.17, 15) is 8.42 Å². The quantitative estimate of drug-likeness (QED) is 0.228. The van der Waals surface area contributed by atoms with Gasteiger partial charge in [0.15, 0.2) is 15.8 Å². The van der Waals surface area contributed by atoms with E-state index in [1.807, 2.05) is 30.5 Å². The van der Waals surface area contributed by atoms with Gasteiger partial charge in [-0.1, -0.05) is 12.1 Å². The summed E-state index contributed by atoms with van der Waals surface area (Å²) in [5, 5.41) is 14.1. The van der Waals surface area contributed by atoms with Crippen molar-refractivity contribution in [1.82, 2.24) is 25.4 Å². The fourth-order valence-corrected chi connectivity index (χ4v) is 3.66. The molecule has 0 fully saturated rings. The maximum atomic E-state index is 11.7. The molecular formula is C18H29IN6O2S. The highest BCUT2D eigenvalue weighted by Gasteiger charge is 2.10. The number of aryl methyl sites for hydroxylation is 2. The summed E-state index contributed by atoms with van der Waals surface area (Å²) in [6, 6.07) is 5.35. The Balaban J connectivity index is 0.00000392. The lowest BCUT2D eigenvalue weighted by Gasteiger charge is -2.12. The van der Waals surface area contributed by atoms with Crippen LogP contribution in [0.15, 0.2) is 40.7 Å². The molecule has 2 aromatic rings. The molecule has 0 aliphatic rings. The van der Waals surface area contributed by atoms with Gasteiger partial charge in [-0.15, -0.1) is 34.2 Å². The largest absolute Gasteiger partial charge is 0.357 e. The molecule has 8 nitrogen and oxygen atoms in total. The van der Waals surface area contributed by atoms with Crippen LogP contribution in [0.4, 0.5) is 0 Å². The third-order valence-corrected chi connectivity index (χ3v) is 5.26. The predicted molar refractivity (Wildman–Crippen MR) is 122 cm³/mol. The molecule has 0 unspecified atom stereocenters. The lowest BCUT2D eigenvalue weighted by atomic mass is 10.1. The van der Waals surface area contributed by atoms with E-state index in [-0.39, 0.29) is 24.0 Å². The van der Waals surface area contributed by atoms with Crippen molar-refractivity contribution in [3.05, 3.63) is 42.0 Å². The molecule has 0 amide bonds. The van der Waals surface area contributed by atoms with Gasteiger partial charge in [-0.2, -0.15) is 0 Å². The molecule has 2 rings (SSSR count). The van der Waals surface area contributed by atoms with Crippen LogP contribution in [0.5, 0.6) is 0 Å². The number of aliphatic imine (C=N–C) groups is 1. The van der Waals surface area contributed by atoms with Crippen molar-refractivity contribution in [2.24, 2.45) is 4.99 Å². The Labute approximate surface area is 184 Å². The molecule has 1 aromatic carbocycles. The molecular weight excluding hydrogens is 491 g/mol. The van der Waals surface area contributed by atoms with Crippen LogP contribution in [0.3, 0.4) is 0 Å². The Morgan fingerprint density at radius 3 is 2.50 bits per heavy atom. The maximum absolute atomic E-state index is 11.7. The molecule has 2 N–H and O–H groups in total. The summed E-state index contributed by atoms with van der Waals surface area (Å²) < 4.78 is 25.4. The smallest absolute Gasteiger partial charge is 0.191 e. The van der Waals surface area contributed by atoms with E-state index in [4.69, 9.17) is 0 Å². The van der Waals surface area contributed by atoms with Gasteiger partial charge in [-0.3, -0.25) is 0 Å². The normalized spacial score (nSPS) is 11.8. The van der Waals surface area contributed by atoms with Crippen LogP contribution in [0.1, 0.15) is 30.9 Å². The molecule has 1 heterocycles. The number of unbranched alkanes of at least 4 members (excludes halogenated alkanes) is 1. The zero-order valence-electron chi connectivity index (χ0n) is 16.6. The molecule has 0 spiro atoms. The monoisotopic (exact) mass is 520 g/mol. The SMILES string of the molecule is CCNC(=NCc1ccc(S(C)(=O)=O)c(C)c1)NCCCCn1cnnc1.I. The standard InChI is InChI=1S/C18H28N6O2S.HI/c1-4-19-18(20-9-5-6-10-24-13-22-23-14-24)21-12-16-7-8-17(15(2)11-16)27(3,25)26;/h7-8,11,13-14H,4-6,9-10,12H2,1-3H3,(H2,19,20,21);1H. The number of aromatic nitrogens is 3. The number of sulfone groups is 1. The maximum Gasteiger partial charge on any atom is 0.191 e. The molecule has 156 valence electrons. The fourth-order valence-electron chi connectivity index (χ4n) is 2.70. The second-order valence-corrected chi connectivity index (χ2v) is 8.38. The third-order valence-electron chi connectivity index (χ3n) is 4.00. The average molecular weight is 520 g/mol. The van der Waals surface area contributed by atoms with Crippen molar-refractivity contribution >= 4 is 39.8 Å². The Kier molecular flexibility index (Phi) is 10.4. The topological polar surface area (TPSA) is 101 Å². The predicted octanol–water partition coefficient (Wildman–Crippen LogP) is 2.14. The summed E-state index contributed by atoms with van der Waals surface area (Å²) in [7, 11) is -3.19. The molecule has 10 heteroatoms. The first-order chi connectivity index (χ1) is 12.9. The number of benzene rings is 1. The minimum atomic E-state index is -3.19. The highest BCUT2D eigenvalue weighted by atomic mass is 127. The van der Waals surface area contributed by atoms with Crippen molar-refractivity contribution < 1.29 is 8.42 Å². The summed E-state index contributed by atoms with van der Waals surface area (Å²) in [5.74, 6) is 0.756. The van der Waals surface area contributed by atoms with Crippen LogP contribution in [-0.2, 0) is 22.9 Å². The number of hydrogen-bond donors (Lipinski definition) is 2. The van der Waals surface area contributed by atoms with Crippen molar-refractivity contribution in [2.75, 3.05) is 19.3 Å². The summed E-state index contributed by atoms with van der Waals surface area (Å²) in [4.78, 5) is 4.95. The number of guanidine groups is 1. The molecule has 1 aromatic heterocycles. The van der Waals surface area contributed by atoms with E-state index >= 15 is 0 Å². The van der Waals surface area contributed by atoms with Crippen molar-refractivity contribution in [1.29, 1.82) is 0 Å². The van der Waals surface area contributed by atoms with E-state index in [0.717, 1.165) is 49.6 Å². The number of hydrogen-bond acceptors (Lipinski definition) is 5. The van der Waals surface area contributed by atoms with Crippen LogP contribution >= 0.6 is 24.0 Å². The van der Waals surface area contributed by atoms with Crippen molar-refractivity contribution in [2.45, 2.75) is 44.7 Å². The molecule has 0 bridgehead atoms. The molecule has 28 heavy (non-hydrogen) atoms. The third kappa shape index (κ3) is 8.13. The van der Waals surface area contributed by atoms with Crippen LogP contribution in [0.2, 0.25) is 0 Å². The lowest BCUT2D eigenvalue weighted by molar-refractivity contribution is 0.597. The summed E-state index contributed by atoms with van der Waals surface area (Å²) in [6.07, 6.45) is 6.69. The Morgan fingerprint density at radius 1 is 1.18 bits per heavy atom. The lowest BCUT2D eigenvalue weighted by Crippen LogP contribution is -2.37. The van der Waals surface area contributed by atoms with Gasteiger partial charge in [0, 0.05) is 25.9 Å². The molecule has 0 radical (unpaired) electrons. The van der Waals surface area contributed by atoms with E-state index in [1.165, 1.54) is 6.26 Å². The zero-order valence-corrected chi connectivity index (χ0v) is 19.7. The molecule has 0 aliphatic carbocycles. The summed E-state index contributed by atoms with van der Waals surface area (Å²) in [6.45, 7) is 6.81. The second kappa shape index (κ2) is 12.0. The van der Waals surface area contributed by atoms with E-state index in [0.29, 0.717) is 11.4 Å². The van der Waals surface area contributed by atoms with Crippen LogP contribution in [0, 0.1) is 6.92 Å². The highest BCUT2D eigenvalue weighted by molar-refractivity contribution is 14.0. The molecule has 0 saturated heterocycles. The van der Waals surface area contributed by atoms with Crippen molar-refractivity contribution in [3.63, 3.8) is 0 Å². The fraction of sp³-hybridized carbons (Fsp3) is 0.500. The van der Waals surface area contributed by atoms with Crippen LogP contribution in [-0.4, -0.2) is 48.5 Å². The van der Waals surface area contributed by atoms with Gasteiger partial charge in [0.05, 0.1) is 11.4 Å². The van der Waals surface area contributed by atoms with Gasteiger partial charge in [0.2, 0.25) is 0 Å². The number of nitrogens with zero attached hydrogens (tertiary/aromatic N) is 4. The summed E-state index contributed by atoms with van der Waals surface area (Å²) in [5.41, 5.74) is 1.72. The first-order valence-corrected chi connectivity index (χ1v) is 10.9. The molecule has 0 aliphatic heterocycles. The first kappa shape index (κ1) is 24.3. The van der Waals surface area contributed by atoms with Gasteiger partial charge in [0.1, 0.15) is 12.7 Å². The van der Waals surface area contributed by atoms with Crippen LogP contribution < -0.4 is 10.6 Å². The molecule has 0 atom stereocenters. The Morgan fingerprint density at radius 2 is 1.89 bits per heavy atom. The summed E-state index contributed by atoms with van der Waals surface area (Å²) >= 11 is 0. The Bertz CT molecular complexity index is 853. The first-order valence-electron chi connectivity index (χ1n) is 9.04. The minimum Gasteiger partial charge on any atom is -0.357 e. The van der Waals surface area contributed by atoms with E-state index < -0.39 is 9.84 Å². The van der Waals surface area contributed by atoms with E-state index in [1.54, 1.807) is 18.7 Å². The molecule has 0 saturated carbocycles. The zero-order chi connectivity index (χ0) is 19.7. The van der Waals surface area contributed by atoms with E-state index in [2.05, 4.69) is 25.8 Å². The average Bonchev–Trinajstić information content (AvgIpc) is 3.11. The van der Waals surface area contributed by atoms with Gasteiger partial charge in [0.25, 0.3) is 0 Å². The van der Waals surface area contributed by atoms with Gasteiger partial charge >= 0.3 is 0 Å². The number of nitrogens with one attached hydrogen (secondary N) is 2. The highest BCUT2D eigenvalue weighted by Crippen LogP contribution is 2.17.